The Kier molecular flexibility index (Phi) is 5.55. The molecule has 0 radical (unpaired) electrons. The molecule has 3 N–H and O–H groups in total. The summed E-state index contributed by atoms with van der Waals surface area (Å²) in [5, 5.41) is 2.23. The number of likely N-dealkylation sites (tertiary alicyclic amines) is 1. The molecule has 1 atom stereocenters. The van der Waals surface area contributed by atoms with E-state index < -0.39 is 23.8 Å². The van der Waals surface area contributed by atoms with E-state index in [1.807, 2.05) is 18.2 Å². The first-order valence-corrected chi connectivity index (χ1v) is 11.3. The fourth-order valence-electron chi connectivity index (χ4n) is 4.96. The van der Waals surface area contributed by atoms with Gasteiger partial charge in [0.2, 0.25) is 11.8 Å². The van der Waals surface area contributed by atoms with Gasteiger partial charge in [-0.3, -0.25) is 34.3 Å². The predicted molar refractivity (Wildman–Crippen MR) is 121 cm³/mol. The van der Waals surface area contributed by atoms with E-state index in [4.69, 9.17) is 5.73 Å². The van der Waals surface area contributed by atoms with Gasteiger partial charge < -0.3 is 5.73 Å². The average Bonchev–Trinajstić information content (AvgIpc) is 3.06. The monoisotopic (exact) mass is 446 g/mol. The van der Waals surface area contributed by atoms with E-state index in [9.17, 15) is 19.2 Å². The largest absolute Gasteiger partial charge is 0.328 e. The number of benzene rings is 2. The zero-order valence-electron chi connectivity index (χ0n) is 18.3. The maximum atomic E-state index is 13.4. The molecule has 0 spiro atoms. The molecule has 8 heteroatoms. The minimum absolute atomic E-state index is 0.0973. The van der Waals surface area contributed by atoms with Gasteiger partial charge in [-0.2, -0.15) is 0 Å². The van der Waals surface area contributed by atoms with Gasteiger partial charge in [-0.25, -0.2) is 0 Å². The Balaban J connectivity index is 1.44. The third-order valence-corrected chi connectivity index (χ3v) is 6.74. The van der Waals surface area contributed by atoms with Gasteiger partial charge in [0.25, 0.3) is 11.8 Å². The van der Waals surface area contributed by atoms with Crippen LogP contribution in [-0.4, -0.2) is 58.6 Å². The van der Waals surface area contributed by atoms with E-state index in [1.165, 1.54) is 0 Å². The number of carbonyl (C=O) groups is 4. The van der Waals surface area contributed by atoms with Crippen LogP contribution in [0.15, 0.2) is 42.5 Å². The van der Waals surface area contributed by atoms with Crippen molar-refractivity contribution >= 4 is 23.6 Å². The average molecular weight is 447 g/mol. The molecule has 8 nitrogen and oxygen atoms in total. The minimum Gasteiger partial charge on any atom is -0.328 e. The highest BCUT2D eigenvalue weighted by molar-refractivity contribution is 6.25. The molecule has 33 heavy (non-hydrogen) atoms. The molecular formula is C25H26N4O4. The highest BCUT2D eigenvalue weighted by Gasteiger charge is 2.45. The first-order chi connectivity index (χ1) is 15.9. The van der Waals surface area contributed by atoms with E-state index >= 15 is 0 Å². The number of nitrogens with two attached hydrogens (primary N) is 1. The summed E-state index contributed by atoms with van der Waals surface area (Å²) in [4.78, 5) is 53.7. The summed E-state index contributed by atoms with van der Waals surface area (Å²) in [5.74, 6) is -1.98. The summed E-state index contributed by atoms with van der Waals surface area (Å²) in [6, 6.07) is 12.5. The quantitative estimate of drug-likeness (QED) is 0.691. The summed E-state index contributed by atoms with van der Waals surface area (Å²) < 4.78 is 0. The first-order valence-electron chi connectivity index (χ1n) is 11.3. The van der Waals surface area contributed by atoms with Crippen molar-refractivity contribution < 1.29 is 19.2 Å². The molecule has 3 heterocycles. The van der Waals surface area contributed by atoms with E-state index in [-0.39, 0.29) is 30.4 Å². The molecule has 5 rings (SSSR count). The number of carbonyl (C=O) groups excluding carboxylic acids is 4. The van der Waals surface area contributed by atoms with Gasteiger partial charge in [-0.05, 0) is 61.2 Å². The molecule has 3 aliphatic heterocycles. The van der Waals surface area contributed by atoms with Crippen molar-refractivity contribution in [2.24, 2.45) is 5.73 Å². The molecule has 170 valence electrons. The molecule has 2 aromatic rings. The van der Waals surface area contributed by atoms with Crippen molar-refractivity contribution in [2.75, 3.05) is 13.1 Å². The van der Waals surface area contributed by atoms with Gasteiger partial charge in [0.05, 0.1) is 11.1 Å². The minimum atomic E-state index is -0.972. The molecule has 4 amide bonds. The predicted octanol–water partition coefficient (Wildman–Crippen LogP) is 1.68. The SMILES string of the molecule is NC1CCN(Cc2cccc(-c3cccc4c3C(=O)N(C3CCC(=O)NC3=O)C4=O)c2)CC1. The molecule has 0 aliphatic carbocycles. The van der Waals surface area contributed by atoms with Crippen LogP contribution in [0, 0.1) is 0 Å². The van der Waals surface area contributed by atoms with Crippen molar-refractivity contribution in [1.82, 2.24) is 15.1 Å². The Morgan fingerprint density at radius 3 is 2.39 bits per heavy atom. The third-order valence-electron chi connectivity index (χ3n) is 6.74. The molecule has 0 saturated carbocycles. The number of nitrogens with one attached hydrogen (secondary N) is 1. The number of hydrogen-bond donors (Lipinski definition) is 2. The topological polar surface area (TPSA) is 113 Å². The van der Waals surface area contributed by atoms with Gasteiger partial charge >= 0.3 is 0 Å². The van der Waals surface area contributed by atoms with E-state index in [0.717, 1.165) is 48.5 Å². The van der Waals surface area contributed by atoms with Gasteiger partial charge in [-0.15, -0.1) is 0 Å². The van der Waals surface area contributed by atoms with Crippen LogP contribution in [0.2, 0.25) is 0 Å². The summed E-state index contributed by atoms with van der Waals surface area (Å²) in [7, 11) is 0. The molecular weight excluding hydrogens is 420 g/mol. The van der Waals surface area contributed by atoms with Crippen LogP contribution < -0.4 is 11.1 Å². The van der Waals surface area contributed by atoms with Gasteiger partial charge in [-0.1, -0.05) is 30.3 Å². The second kappa shape index (κ2) is 8.53. The lowest BCUT2D eigenvalue weighted by Crippen LogP contribution is -2.54. The van der Waals surface area contributed by atoms with E-state index in [0.29, 0.717) is 11.1 Å². The van der Waals surface area contributed by atoms with E-state index in [2.05, 4.69) is 22.3 Å². The lowest BCUT2D eigenvalue weighted by Gasteiger charge is -2.30. The lowest BCUT2D eigenvalue weighted by molar-refractivity contribution is -0.136. The van der Waals surface area contributed by atoms with Gasteiger partial charge in [0.15, 0.2) is 0 Å². The number of fused-ring (bicyclic) bond motifs is 1. The molecule has 0 bridgehead atoms. The van der Waals surface area contributed by atoms with Crippen LogP contribution in [0.3, 0.4) is 0 Å². The summed E-state index contributed by atoms with van der Waals surface area (Å²) in [5.41, 5.74) is 9.26. The van der Waals surface area contributed by atoms with Crippen LogP contribution in [0.1, 0.15) is 52.0 Å². The molecule has 2 saturated heterocycles. The molecule has 2 fully saturated rings. The first kappa shape index (κ1) is 21.5. The van der Waals surface area contributed by atoms with Crippen molar-refractivity contribution in [3.05, 3.63) is 59.2 Å². The second-order valence-corrected chi connectivity index (χ2v) is 8.99. The molecule has 2 aromatic carbocycles. The van der Waals surface area contributed by atoms with Crippen molar-refractivity contribution in [2.45, 2.75) is 44.3 Å². The number of piperidine rings is 2. The standard InChI is InChI=1S/C25H26N4O4/c26-17-9-11-28(12-10-17)14-15-3-1-4-16(13-15)18-5-2-6-19-22(18)25(33)29(24(19)32)20-7-8-21(30)27-23(20)31/h1-6,13,17,20H,7-12,14,26H2,(H,27,30,31). The normalized spacial score (nSPS) is 22.0. The fraction of sp³-hybridized carbons (Fsp3) is 0.360. The fourth-order valence-corrected chi connectivity index (χ4v) is 4.96. The Bertz CT molecular complexity index is 1150. The second-order valence-electron chi connectivity index (χ2n) is 8.99. The summed E-state index contributed by atoms with van der Waals surface area (Å²) in [6.45, 7) is 2.71. The molecule has 3 aliphatic rings. The number of rotatable bonds is 4. The smallest absolute Gasteiger partial charge is 0.262 e. The number of hydrogen-bond acceptors (Lipinski definition) is 6. The van der Waals surface area contributed by atoms with Crippen LogP contribution in [0.5, 0.6) is 0 Å². The number of amides is 4. The molecule has 1 unspecified atom stereocenters. The van der Waals surface area contributed by atoms with E-state index in [1.54, 1.807) is 12.1 Å². The van der Waals surface area contributed by atoms with Gasteiger partial charge in [0.1, 0.15) is 6.04 Å². The Morgan fingerprint density at radius 2 is 1.64 bits per heavy atom. The maximum absolute atomic E-state index is 13.4. The zero-order chi connectivity index (χ0) is 23.1. The Labute approximate surface area is 191 Å². The zero-order valence-corrected chi connectivity index (χ0v) is 18.3. The van der Waals surface area contributed by atoms with Gasteiger partial charge in [0, 0.05) is 19.0 Å². The van der Waals surface area contributed by atoms with Crippen LogP contribution in [0.4, 0.5) is 0 Å². The van der Waals surface area contributed by atoms with Crippen molar-refractivity contribution in [3.8, 4) is 11.1 Å². The van der Waals surface area contributed by atoms with Crippen molar-refractivity contribution in [1.29, 1.82) is 0 Å². The van der Waals surface area contributed by atoms with Crippen LogP contribution in [-0.2, 0) is 16.1 Å². The Morgan fingerprint density at radius 1 is 0.909 bits per heavy atom. The molecule has 0 aromatic heterocycles. The third kappa shape index (κ3) is 3.96. The number of nitrogens with zero attached hydrogens (tertiary/aromatic N) is 2. The number of imide groups is 2. The van der Waals surface area contributed by atoms with Crippen LogP contribution in [0.25, 0.3) is 11.1 Å². The summed E-state index contributed by atoms with van der Waals surface area (Å²) >= 11 is 0. The lowest BCUT2D eigenvalue weighted by atomic mass is 9.95. The summed E-state index contributed by atoms with van der Waals surface area (Å²) in [6.07, 6.45) is 2.21. The highest BCUT2D eigenvalue weighted by atomic mass is 16.2. The maximum Gasteiger partial charge on any atom is 0.262 e. The van der Waals surface area contributed by atoms with Crippen molar-refractivity contribution in [3.63, 3.8) is 0 Å². The van der Waals surface area contributed by atoms with Crippen LogP contribution >= 0.6 is 0 Å². The Hall–Kier alpha value is -3.36. The highest BCUT2D eigenvalue weighted by Crippen LogP contribution is 2.35.